The highest BCUT2D eigenvalue weighted by Gasteiger charge is 2.22. The van der Waals surface area contributed by atoms with Crippen LogP contribution in [0.25, 0.3) is 10.9 Å². The number of para-hydroxylation sites is 1. The van der Waals surface area contributed by atoms with Gasteiger partial charge in [-0.3, -0.25) is 0 Å². The Kier molecular flexibility index (Phi) is 4.47. The Morgan fingerprint density at radius 3 is 2.72 bits per heavy atom. The van der Waals surface area contributed by atoms with Gasteiger partial charge in [0.25, 0.3) is 0 Å². The molecule has 1 aromatic heterocycles. The molecule has 3 aromatic rings. The molecular formula is C20H20ClN3O. The summed E-state index contributed by atoms with van der Waals surface area (Å²) in [5.41, 5.74) is 3.23. The molecule has 1 fully saturated rings. The highest BCUT2D eigenvalue weighted by Crippen LogP contribution is 2.31. The zero-order chi connectivity index (χ0) is 17.2. The molecule has 1 atom stereocenters. The van der Waals surface area contributed by atoms with Crippen LogP contribution in [0.4, 0.5) is 11.5 Å². The van der Waals surface area contributed by atoms with Crippen molar-refractivity contribution in [1.29, 1.82) is 0 Å². The zero-order valence-electron chi connectivity index (χ0n) is 13.8. The first-order valence-electron chi connectivity index (χ1n) is 8.50. The van der Waals surface area contributed by atoms with Gasteiger partial charge in [0, 0.05) is 41.8 Å². The maximum absolute atomic E-state index is 9.89. The van der Waals surface area contributed by atoms with Crippen LogP contribution < -0.4 is 10.2 Å². The summed E-state index contributed by atoms with van der Waals surface area (Å²) in [5.74, 6) is 0.838. The minimum atomic E-state index is -0.252. The molecule has 2 N–H and O–H groups in total. The van der Waals surface area contributed by atoms with E-state index in [1.807, 2.05) is 42.5 Å². The van der Waals surface area contributed by atoms with E-state index in [1.54, 1.807) is 0 Å². The molecule has 4 rings (SSSR count). The summed E-state index contributed by atoms with van der Waals surface area (Å²) < 4.78 is 0. The lowest BCUT2D eigenvalue weighted by molar-refractivity contribution is 0.198. The van der Waals surface area contributed by atoms with Crippen LogP contribution in [0, 0.1) is 0 Å². The van der Waals surface area contributed by atoms with Crippen molar-refractivity contribution in [2.45, 2.75) is 19.1 Å². The molecule has 128 valence electrons. The molecule has 2 aromatic carbocycles. The van der Waals surface area contributed by atoms with E-state index in [2.05, 4.69) is 22.3 Å². The predicted octanol–water partition coefficient (Wildman–Crippen LogP) is 4.07. The first-order chi connectivity index (χ1) is 12.2. The summed E-state index contributed by atoms with van der Waals surface area (Å²) in [7, 11) is 0. The molecule has 0 saturated carbocycles. The number of hydrogen-bond donors (Lipinski definition) is 2. The average molecular weight is 354 g/mol. The van der Waals surface area contributed by atoms with Gasteiger partial charge >= 0.3 is 0 Å². The number of hydrogen-bond acceptors (Lipinski definition) is 4. The summed E-state index contributed by atoms with van der Waals surface area (Å²) in [5, 5.41) is 15.2. The number of aliphatic hydroxyl groups excluding tert-OH is 1. The zero-order valence-corrected chi connectivity index (χ0v) is 14.6. The van der Waals surface area contributed by atoms with Crippen LogP contribution in [0.15, 0.2) is 54.6 Å². The average Bonchev–Trinajstić information content (AvgIpc) is 3.07. The van der Waals surface area contributed by atoms with E-state index < -0.39 is 0 Å². The van der Waals surface area contributed by atoms with Crippen molar-refractivity contribution in [3.63, 3.8) is 0 Å². The molecule has 4 nitrogen and oxygen atoms in total. The molecular weight excluding hydrogens is 334 g/mol. The van der Waals surface area contributed by atoms with Gasteiger partial charge in [-0.15, -0.1) is 0 Å². The van der Waals surface area contributed by atoms with Crippen molar-refractivity contribution < 1.29 is 5.11 Å². The molecule has 5 heteroatoms. The number of pyridine rings is 1. The van der Waals surface area contributed by atoms with Crippen LogP contribution in [-0.4, -0.2) is 29.3 Å². The highest BCUT2D eigenvalue weighted by molar-refractivity contribution is 6.30. The van der Waals surface area contributed by atoms with Gasteiger partial charge in [0.15, 0.2) is 0 Å². The van der Waals surface area contributed by atoms with Gasteiger partial charge in [0.2, 0.25) is 0 Å². The minimum Gasteiger partial charge on any atom is -0.391 e. The van der Waals surface area contributed by atoms with E-state index in [4.69, 9.17) is 16.6 Å². The van der Waals surface area contributed by atoms with Crippen LogP contribution in [0.5, 0.6) is 0 Å². The Hall–Kier alpha value is -2.30. The maximum atomic E-state index is 9.89. The van der Waals surface area contributed by atoms with Gasteiger partial charge in [0.05, 0.1) is 11.6 Å². The second-order valence-corrected chi connectivity index (χ2v) is 6.85. The van der Waals surface area contributed by atoms with Crippen LogP contribution in [0.2, 0.25) is 5.02 Å². The van der Waals surface area contributed by atoms with E-state index in [0.29, 0.717) is 13.1 Å². The van der Waals surface area contributed by atoms with Gasteiger partial charge in [0.1, 0.15) is 5.82 Å². The van der Waals surface area contributed by atoms with E-state index in [1.165, 1.54) is 0 Å². The molecule has 0 amide bonds. The predicted molar refractivity (Wildman–Crippen MR) is 103 cm³/mol. The second-order valence-electron chi connectivity index (χ2n) is 6.41. The summed E-state index contributed by atoms with van der Waals surface area (Å²) >= 11 is 5.94. The van der Waals surface area contributed by atoms with Gasteiger partial charge < -0.3 is 15.3 Å². The monoisotopic (exact) mass is 353 g/mol. The van der Waals surface area contributed by atoms with Crippen molar-refractivity contribution in [3.8, 4) is 0 Å². The van der Waals surface area contributed by atoms with Crippen molar-refractivity contribution in [2.24, 2.45) is 0 Å². The van der Waals surface area contributed by atoms with Crippen LogP contribution in [-0.2, 0) is 6.54 Å². The number of benzene rings is 2. The van der Waals surface area contributed by atoms with E-state index in [0.717, 1.165) is 46.0 Å². The number of β-amino-alcohol motifs (C(OH)–C–C–N with tert-alkyl or cyclic N) is 1. The fourth-order valence-electron chi connectivity index (χ4n) is 3.26. The number of fused-ring (bicyclic) bond motifs is 1. The number of anilines is 2. The standard InChI is InChI=1S/C20H20ClN3O/c21-15-7-5-14(6-8-15)12-22-20-11-19(24-10-9-16(25)13-24)17-3-1-2-4-18(17)23-20/h1-8,11,16,25H,9-10,12-13H2,(H,22,23). The van der Waals surface area contributed by atoms with Crippen molar-refractivity contribution in [1.82, 2.24) is 4.98 Å². The first kappa shape index (κ1) is 16.2. The molecule has 1 aliphatic rings. The lowest BCUT2D eigenvalue weighted by atomic mass is 10.1. The molecule has 0 aliphatic carbocycles. The van der Waals surface area contributed by atoms with Gasteiger partial charge in [-0.1, -0.05) is 41.9 Å². The largest absolute Gasteiger partial charge is 0.391 e. The fourth-order valence-corrected chi connectivity index (χ4v) is 3.39. The number of rotatable bonds is 4. The summed E-state index contributed by atoms with van der Waals surface area (Å²) in [6, 6.07) is 18.0. The van der Waals surface area contributed by atoms with Gasteiger partial charge in [-0.05, 0) is 30.2 Å². The van der Waals surface area contributed by atoms with E-state index in [9.17, 15) is 5.11 Å². The summed E-state index contributed by atoms with van der Waals surface area (Å²) in [4.78, 5) is 6.97. The number of aromatic nitrogens is 1. The molecule has 25 heavy (non-hydrogen) atoms. The third-order valence-electron chi connectivity index (χ3n) is 4.59. The molecule has 0 radical (unpaired) electrons. The third kappa shape index (κ3) is 3.55. The molecule has 0 bridgehead atoms. The Bertz CT molecular complexity index is 882. The van der Waals surface area contributed by atoms with Crippen LogP contribution >= 0.6 is 11.6 Å². The molecule has 1 saturated heterocycles. The Morgan fingerprint density at radius 2 is 1.96 bits per heavy atom. The number of aliphatic hydroxyl groups is 1. The van der Waals surface area contributed by atoms with Crippen LogP contribution in [0.1, 0.15) is 12.0 Å². The number of nitrogens with zero attached hydrogens (tertiary/aromatic N) is 2. The van der Waals surface area contributed by atoms with Gasteiger partial charge in [-0.2, -0.15) is 0 Å². The second kappa shape index (κ2) is 6.90. The lowest BCUT2D eigenvalue weighted by Gasteiger charge is -2.21. The minimum absolute atomic E-state index is 0.252. The normalized spacial score (nSPS) is 17.2. The Morgan fingerprint density at radius 1 is 1.16 bits per heavy atom. The molecule has 1 unspecified atom stereocenters. The molecule has 2 heterocycles. The summed E-state index contributed by atoms with van der Waals surface area (Å²) in [6.07, 6.45) is 0.557. The van der Waals surface area contributed by atoms with E-state index >= 15 is 0 Å². The Balaban J connectivity index is 1.63. The molecule has 1 aliphatic heterocycles. The topological polar surface area (TPSA) is 48.4 Å². The van der Waals surface area contributed by atoms with Crippen molar-refractivity contribution >= 4 is 34.0 Å². The molecule has 0 spiro atoms. The van der Waals surface area contributed by atoms with Crippen LogP contribution in [0.3, 0.4) is 0 Å². The van der Waals surface area contributed by atoms with E-state index in [-0.39, 0.29) is 6.10 Å². The number of halogens is 1. The number of nitrogens with one attached hydrogen (secondary N) is 1. The summed E-state index contributed by atoms with van der Waals surface area (Å²) in [6.45, 7) is 2.22. The lowest BCUT2D eigenvalue weighted by Crippen LogP contribution is -2.21. The quantitative estimate of drug-likeness (QED) is 0.742. The maximum Gasteiger partial charge on any atom is 0.129 e. The highest BCUT2D eigenvalue weighted by atomic mass is 35.5. The van der Waals surface area contributed by atoms with Gasteiger partial charge in [-0.25, -0.2) is 4.98 Å². The van der Waals surface area contributed by atoms with Crippen molar-refractivity contribution in [2.75, 3.05) is 23.3 Å². The third-order valence-corrected chi connectivity index (χ3v) is 4.84. The smallest absolute Gasteiger partial charge is 0.129 e. The SMILES string of the molecule is OC1CCN(c2cc(NCc3ccc(Cl)cc3)nc3ccccc23)C1. The van der Waals surface area contributed by atoms with Crippen molar-refractivity contribution in [3.05, 3.63) is 65.2 Å². The fraction of sp³-hybridized carbons (Fsp3) is 0.250. The Labute approximate surface area is 152 Å². The first-order valence-corrected chi connectivity index (χ1v) is 8.88.